The average molecular weight is 875 g/mol. The van der Waals surface area contributed by atoms with Gasteiger partial charge in [0.2, 0.25) is 5.88 Å². The topological polar surface area (TPSA) is 19.6 Å². The highest BCUT2D eigenvalue weighted by Crippen LogP contribution is 2.55. The van der Waals surface area contributed by atoms with Crippen LogP contribution in [0.1, 0.15) is 192 Å². The molecular formula is C62H75BN2O. The highest BCUT2D eigenvalue weighted by molar-refractivity contribution is 7.01. The largest absolute Gasteiger partial charge is 0.440 e. The van der Waals surface area contributed by atoms with Gasteiger partial charge in [0.25, 0.3) is 6.71 Å². The number of hydrogen-bond acceptors (Lipinski definition) is 3. The van der Waals surface area contributed by atoms with Crippen molar-refractivity contribution in [2.45, 2.75) is 194 Å². The second-order valence-corrected chi connectivity index (χ2v) is 26.8. The van der Waals surface area contributed by atoms with E-state index < -0.39 is 0 Å². The van der Waals surface area contributed by atoms with E-state index in [2.05, 4.69) is 200 Å². The van der Waals surface area contributed by atoms with Gasteiger partial charge in [0, 0.05) is 39.3 Å². The summed E-state index contributed by atoms with van der Waals surface area (Å²) in [6, 6.07) is 29.9. The zero-order chi connectivity index (χ0) is 47.2. The minimum atomic E-state index is -0.0274. The Labute approximate surface area is 397 Å². The molecule has 0 saturated heterocycles. The van der Waals surface area contributed by atoms with Crippen LogP contribution in [-0.4, -0.2) is 6.71 Å². The van der Waals surface area contributed by atoms with Crippen LogP contribution in [0.15, 0.2) is 77.2 Å². The Morgan fingerprint density at radius 2 is 0.909 bits per heavy atom. The first-order valence-electron chi connectivity index (χ1n) is 25.4. The van der Waals surface area contributed by atoms with Crippen molar-refractivity contribution in [2.75, 3.05) is 9.80 Å². The summed E-state index contributed by atoms with van der Waals surface area (Å²) in [7, 11) is 0. The summed E-state index contributed by atoms with van der Waals surface area (Å²) in [4.78, 5) is 5.23. The van der Waals surface area contributed by atoms with Gasteiger partial charge in [-0.15, -0.1) is 0 Å². The maximum Gasteiger partial charge on any atom is 0.257 e. The summed E-state index contributed by atoms with van der Waals surface area (Å²) >= 11 is 0. The van der Waals surface area contributed by atoms with E-state index in [-0.39, 0.29) is 44.6 Å². The van der Waals surface area contributed by atoms with Crippen LogP contribution in [0.5, 0.6) is 0 Å². The van der Waals surface area contributed by atoms with Crippen LogP contribution in [-0.2, 0) is 37.9 Å². The van der Waals surface area contributed by atoms with Gasteiger partial charge in [-0.3, -0.25) is 4.90 Å². The molecule has 3 heterocycles. The Kier molecular flexibility index (Phi) is 8.97. The van der Waals surface area contributed by atoms with E-state index in [1.807, 2.05) is 0 Å². The fourth-order valence-electron chi connectivity index (χ4n) is 13.4. The van der Waals surface area contributed by atoms with Crippen LogP contribution in [0.2, 0.25) is 0 Å². The smallest absolute Gasteiger partial charge is 0.257 e. The van der Waals surface area contributed by atoms with Crippen LogP contribution in [0.4, 0.5) is 34.3 Å². The van der Waals surface area contributed by atoms with Crippen molar-refractivity contribution in [1.29, 1.82) is 0 Å². The van der Waals surface area contributed by atoms with Gasteiger partial charge in [-0.1, -0.05) is 128 Å². The normalized spacial score (nSPS) is 21.1. The number of furan rings is 1. The fraction of sp³-hybridized carbons (Fsp3) is 0.484. The van der Waals surface area contributed by atoms with Crippen LogP contribution in [0, 0.1) is 13.8 Å². The number of rotatable bonds is 2. The third-order valence-electron chi connectivity index (χ3n) is 18.2. The predicted octanol–water partition coefficient (Wildman–Crippen LogP) is 15.5. The average Bonchev–Trinajstić information content (AvgIpc) is 3.60. The lowest BCUT2D eigenvalue weighted by Gasteiger charge is -2.47. The SMILES string of the molecule is Cc1cc2c3c(c1)N(c1ccc(C(C)(C)C)cc1)c1oc4cc5c(cc4c1B3c1cc3c(cc1N2c1cc2c(cc1C)C(C)(C)CCC2(C)C)C(C)(C)CCC3(C)C)C(C)(C)CCC5(C)C. The van der Waals surface area contributed by atoms with Gasteiger partial charge < -0.3 is 9.32 Å². The number of fused-ring (bicyclic) bond motifs is 9. The van der Waals surface area contributed by atoms with Crippen LogP contribution >= 0.6 is 0 Å². The summed E-state index contributed by atoms with van der Waals surface area (Å²) in [5.74, 6) is 0.964. The second kappa shape index (κ2) is 13.5. The maximum absolute atomic E-state index is 7.52. The Balaban J connectivity index is 1.29. The summed E-state index contributed by atoms with van der Waals surface area (Å²) in [6.45, 7) is 41.2. The molecule has 5 aliphatic rings. The summed E-state index contributed by atoms with van der Waals surface area (Å²) in [5, 5.41) is 1.26. The molecule has 11 rings (SSSR count). The molecule has 0 N–H and O–H groups in total. The third-order valence-corrected chi connectivity index (χ3v) is 18.2. The molecule has 0 unspecified atom stereocenters. The zero-order valence-corrected chi connectivity index (χ0v) is 43.6. The first-order valence-corrected chi connectivity index (χ1v) is 25.4. The van der Waals surface area contributed by atoms with E-state index in [9.17, 15) is 0 Å². The van der Waals surface area contributed by atoms with E-state index in [0.717, 1.165) is 17.2 Å². The van der Waals surface area contributed by atoms with Crippen molar-refractivity contribution in [3.8, 4) is 0 Å². The molecule has 0 amide bonds. The zero-order valence-electron chi connectivity index (χ0n) is 43.6. The van der Waals surface area contributed by atoms with Crippen LogP contribution in [0.25, 0.3) is 11.0 Å². The quantitative estimate of drug-likeness (QED) is 0.161. The predicted molar refractivity (Wildman–Crippen MR) is 284 cm³/mol. The number of nitrogens with zero attached hydrogens (tertiary/aromatic N) is 2. The van der Waals surface area contributed by atoms with E-state index in [0.29, 0.717) is 0 Å². The number of anilines is 6. The standard InChI is InChI=1S/C62H75BN2O/c1-36-28-50-54-51(29-36)65(48-33-44-41(30-37(48)2)57(6,7)22-25-60(44,12)13)49-34-45-43(59(10,11)24-26-61(45,14)15)32-47(49)63(54)53-40-31-42-46(62(16,17)27-23-58(42,8)9)35-52(40)66-55(53)64(50)39-20-18-38(19-21-39)56(3,4)5/h18-21,28-35H,22-27H2,1-17H3. The summed E-state index contributed by atoms with van der Waals surface area (Å²) in [5.41, 5.74) is 24.7. The van der Waals surface area contributed by atoms with Gasteiger partial charge >= 0.3 is 0 Å². The lowest BCUT2D eigenvalue weighted by molar-refractivity contribution is 0.331. The highest BCUT2D eigenvalue weighted by Gasteiger charge is 2.50. The molecular weight excluding hydrogens is 800 g/mol. The van der Waals surface area contributed by atoms with Gasteiger partial charge in [0.15, 0.2) is 0 Å². The number of aryl methyl sites for hydroxylation is 2. The molecule has 0 atom stereocenters. The third kappa shape index (κ3) is 6.20. The molecule has 6 aromatic rings. The molecule has 0 saturated carbocycles. The second-order valence-electron chi connectivity index (χ2n) is 26.8. The van der Waals surface area contributed by atoms with Crippen LogP contribution in [0.3, 0.4) is 0 Å². The Morgan fingerprint density at radius 3 is 1.42 bits per heavy atom. The van der Waals surface area contributed by atoms with Crippen molar-refractivity contribution >= 4 is 68.4 Å². The lowest BCUT2D eigenvalue weighted by Crippen LogP contribution is -2.61. The molecule has 5 aromatic carbocycles. The molecule has 342 valence electrons. The lowest BCUT2D eigenvalue weighted by atomic mass is 9.33. The van der Waals surface area contributed by atoms with Gasteiger partial charge in [0.1, 0.15) is 5.58 Å². The maximum atomic E-state index is 7.52. The Hall–Kier alpha value is -4.70. The summed E-state index contributed by atoms with van der Waals surface area (Å²) in [6.07, 6.45) is 7.07. The van der Waals surface area contributed by atoms with Gasteiger partial charge in [0.05, 0.1) is 0 Å². The van der Waals surface area contributed by atoms with Crippen molar-refractivity contribution in [2.24, 2.45) is 0 Å². The Morgan fingerprint density at radius 1 is 0.470 bits per heavy atom. The van der Waals surface area contributed by atoms with Crippen LogP contribution < -0.4 is 26.2 Å². The van der Waals surface area contributed by atoms with Crippen molar-refractivity contribution in [3.05, 3.63) is 123 Å². The van der Waals surface area contributed by atoms with E-state index >= 15 is 0 Å². The monoisotopic (exact) mass is 875 g/mol. The van der Waals surface area contributed by atoms with Crippen molar-refractivity contribution in [1.82, 2.24) is 0 Å². The van der Waals surface area contributed by atoms with E-state index in [4.69, 9.17) is 4.42 Å². The Bertz CT molecular complexity index is 3050. The van der Waals surface area contributed by atoms with E-state index in [1.165, 1.54) is 133 Å². The van der Waals surface area contributed by atoms with Crippen molar-refractivity contribution < 1.29 is 4.42 Å². The molecule has 3 aliphatic carbocycles. The first-order chi connectivity index (χ1) is 30.6. The number of benzene rings is 5. The van der Waals surface area contributed by atoms with Crippen molar-refractivity contribution in [3.63, 3.8) is 0 Å². The molecule has 66 heavy (non-hydrogen) atoms. The highest BCUT2D eigenvalue weighted by atomic mass is 16.4. The molecule has 4 heteroatoms. The molecule has 0 spiro atoms. The molecule has 0 fully saturated rings. The van der Waals surface area contributed by atoms with Gasteiger partial charge in [-0.05, 0) is 200 Å². The minimum Gasteiger partial charge on any atom is -0.440 e. The molecule has 1 aromatic heterocycles. The van der Waals surface area contributed by atoms with Gasteiger partial charge in [-0.2, -0.15) is 0 Å². The minimum absolute atomic E-state index is 0.0274. The van der Waals surface area contributed by atoms with E-state index in [1.54, 1.807) is 0 Å². The summed E-state index contributed by atoms with van der Waals surface area (Å²) < 4.78 is 7.52. The first kappa shape index (κ1) is 43.8. The fourth-order valence-corrected chi connectivity index (χ4v) is 13.4. The number of hydrogen-bond donors (Lipinski definition) is 0. The molecule has 0 radical (unpaired) electrons. The molecule has 2 aliphatic heterocycles. The molecule has 3 nitrogen and oxygen atoms in total. The molecule has 0 bridgehead atoms. The van der Waals surface area contributed by atoms with Gasteiger partial charge in [-0.25, -0.2) is 0 Å².